The Morgan fingerprint density at radius 3 is 2.48 bits per heavy atom. The Balaban J connectivity index is 2.09. The molecule has 0 spiro atoms. The molecule has 0 fully saturated rings. The van der Waals surface area contributed by atoms with Gasteiger partial charge in [0.1, 0.15) is 5.70 Å². The number of rotatable bonds is 3. The van der Waals surface area contributed by atoms with E-state index in [0.29, 0.717) is 22.2 Å². The van der Waals surface area contributed by atoms with Crippen LogP contribution in [0.25, 0.3) is 22.3 Å². The summed E-state index contributed by atoms with van der Waals surface area (Å²) in [7, 11) is 0. The van der Waals surface area contributed by atoms with E-state index in [4.69, 9.17) is 0 Å². The Labute approximate surface area is 128 Å². The van der Waals surface area contributed by atoms with Crippen molar-refractivity contribution in [2.75, 3.05) is 0 Å². The van der Waals surface area contributed by atoms with Crippen molar-refractivity contribution in [3.63, 3.8) is 0 Å². The lowest BCUT2D eigenvalue weighted by molar-refractivity contribution is -0.137. The van der Waals surface area contributed by atoms with Gasteiger partial charge in [0.15, 0.2) is 0 Å². The number of hydrogen-bond acceptors (Lipinski definition) is 3. The summed E-state index contributed by atoms with van der Waals surface area (Å²) in [6, 6.07) is 8.13. The summed E-state index contributed by atoms with van der Waals surface area (Å²) in [5.41, 5.74) is 1.78. The predicted molar refractivity (Wildman–Crippen MR) is 80.5 cm³/mol. The van der Waals surface area contributed by atoms with Gasteiger partial charge in [-0.3, -0.25) is 0 Å². The molecule has 3 aromatic rings. The maximum atomic E-state index is 12.6. The van der Waals surface area contributed by atoms with Gasteiger partial charge in [-0.25, -0.2) is 4.52 Å². The lowest BCUT2D eigenvalue weighted by atomic mass is 10.0. The molecule has 0 radical (unpaired) electrons. The van der Waals surface area contributed by atoms with Gasteiger partial charge in [0, 0.05) is 17.3 Å². The van der Waals surface area contributed by atoms with Crippen molar-refractivity contribution >= 4 is 11.2 Å². The number of hydrogen-bond donors (Lipinski definition) is 0. The molecule has 23 heavy (non-hydrogen) atoms. The van der Waals surface area contributed by atoms with Gasteiger partial charge in [-0.05, 0) is 35.0 Å². The molecule has 0 N–H and O–H groups in total. The van der Waals surface area contributed by atoms with Gasteiger partial charge in [0.25, 0.3) is 0 Å². The Morgan fingerprint density at radius 2 is 1.87 bits per heavy atom. The fourth-order valence-electron chi connectivity index (χ4n) is 2.27. The first-order chi connectivity index (χ1) is 10.9. The van der Waals surface area contributed by atoms with Crippen LogP contribution in [0.4, 0.5) is 13.2 Å². The second-order valence-corrected chi connectivity index (χ2v) is 4.92. The average molecular weight is 317 g/mol. The zero-order valence-electron chi connectivity index (χ0n) is 11.7. The van der Waals surface area contributed by atoms with Crippen molar-refractivity contribution in [1.82, 2.24) is 9.61 Å². The van der Waals surface area contributed by atoms with Crippen LogP contribution in [0.15, 0.2) is 60.5 Å². The molecule has 0 saturated carbocycles. The molecule has 4 nitrogen and oxygen atoms in total. The highest BCUT2D eigenvalue weighted by Gasteiger charge is 2.30. The highest BCUT2D eigenvalue weighted by Crippen LogP contribution is 2.32. The molecule has 0 aliphatic heterocycles. The van der Waals surface area contributed by atoms with Crippen LogP contribution in [0.1, 0.15) is 11.1 Å². The Bertz CT molecular complexity index is 895. The number of pyridine rings is 1. The van der Waals surface area contributed by atoms with Gasteiger partial charge in [-0.15, -0.1) is 4.91 Å². The quantitative estimate of drug-likeness (QED) is 0.654. The van der Waals surface area contributed by atoms with Crippen molar-refractivity contribution in [3.05, 3.63) is 71.4 Å². The molecule has 0 saturated heterocycles. The number of aromatic nitrogens is 2. The van der Waals surface area contributed by atoms with Crippen LogP contribution in [0.5, 0.6) is 0 Å². The van der Waals surface area contributed by atoms with E-state index in [1.807, 2.05) is 0 Å². The van der Waals surface area contributed by atoms with E-state index in [9.17, 15) is 18.1 Å². The molecular formula is C16H10F3N3O. The fraction of sp³-hybridized carbons (Fsp3) is 0.0625. The SMILES string of the molecule is C=C(N=O)c1ccn2ncc(-c3ccc(C(F)(F)F)cc3)c2c1. The smallest absolute Gasteiger partial charge is 0.240 e. The number of nitrogens with zero attached hydrogens (tertiary/aromatic N) is 3. The Morgan fingerprint density at radius 1 is 1.17 bits per heavy atom. The average Bonchev–Trinajstić information content (AvgIpc) is 2.96. The summed E-state index contributed by atoms with van der Waals surface area (Å²) >= 11 is 0. The van der Waals surface area contributed by atoms with E-state index in [1.54, 1.807) is 29.0 Å². The Hall–Kier alpha value is -2.96. The first-order valence-electron chi connectivity index (χ1n) is 6.58. The predicted octanol–water partition coefficient (Wildman–Crippen LogP) is 4.76. The number of alkyl halides is 3. The first-order valence-corrected chi connectivity index (χ1v) is 6.58. The molecule has 2 aromatic heterocycles. The fourth-order valence-corrected chi connectivity index (χ4v) is 2.27. The van der Waals surface area contributed by atoms with Crippen molar-refractivity contribution in [3.8, 4) is 11.1 Å². The molecule has 0 aliphatic carbocycles. The second-order valence-electron chi connectivity index (χ2n) is 4.92. The summed E-state index contributed by atoms with van der Waals surface area (Å²) in [6.45, 7) is 3.54. The summed E-state index contributed by atoms with van der Waals surface area (Å²) < 4.78 is 39.5. The van der Waals surface area contributed by atoms with E-state index in [0.717, 1.165) is 12.1 Å². The number of nitroso groups, excluding NO2 is 1. The molecule has 3 rings (SSSR count). The van der Waals surface area contributed by atoms with E-state index in [2.05, 4.69) is 16.9 Å². The van der Waals surface area contributed by atoms with Crippen LogP contribution in [0.2, 0.25) is 0 Å². The highest BCUT2D eigenvalue weighted by molar-refractivity contribution is 5.82. The largest absolute Gasteiger partial charge is 0.416 e. The third kappa shape index (κ3) is 2.73. The maximum Gasteiger partial charge on any atom is 0.416 e. The molecule has 116 valence electrons. The monoisotopic (exact) mass is 317 g/mol. The molecule has 0 aliphatic rings. The van der Waals surface area contributed by atoms with Crippen LogP contribution >= 0.6 is 0 Å². The lowest BCUT2D eigenvalue weighted by Gasteiger charge is -2.07. The molecule has 0 bridgehead atoms. The Kier molecular flexibility index (Phi) is 3.48. The number of halogens is 3. The summed E-state index contributed by atoms with van der Waals surface area (Å²) in [5.74, 6) is 0. The van der Waals surface area contributed by atoms with Gasteiger partial charge in [-0.2, -0.15) is 18.3 Å². The molecule has 0 unspecified atom stereocenters. The molecular weight excluding hydrogens is 307 g/mol. The van der Waals surface area contributed by atoms with Crippen molar-refractivity contribution in [2.45, 2.75) is 6.18 Å². The minimum atomic E-state index is -4.37. The van der Waals surface area contributed by atoms with Gasteiger partial charge >= 0.3 is 6.18 Å². The second kappa shape index (κ2) is 5.35. The van der Waals surface area contributed by atoms with E-state index in [-0.39, 0.29) is 5.70 Å². The van der Waals surface area contributed by atoms with E-state index < -0.39 is 11.7 Å². The van der Waals surface area contributed by atoms with Gasteiger partial charge < -0.3 is 0 Å². The van der Waals surface area contributed by atoms with Crippen molar-refractivity contribution in [1.29, 1.82) is 0 Å². The summed E-state index contributed by atoms with van der Waals surface area (Å²) in [4.78, 5) is 10.6. The molecule has 2 heterocycles. The molecule has 7 heteroatoms. The third-order valence-electron chi connectivity index (χ3n) is 3.49. The third-order valence-corrected chi connectivity index (χ3v) is 3.49. The number of fused-ring (bicyclic) bond motifs is 1. The van der Waals surface area contributed by atoms with Gasteiger partial charge in [-0.1, -0.05) is 18.7 Å². The minimum absolute atomic E-state index is 0.0760. The molecule has 0 amide bonds. The first kappa shape index (κ1) is 15.0. The zero-order valence-corrected chi connectivity index (χ0v) is 11.7. The standard InChI is InChI=1S/C16H10F3N3O/c1-10(21-23)12-6-7-22-15(8-12)14(9-20-22)11-2-4-13(5-3-11)16(17,18)19/h2-9H,1H2. The van der Waals surface area contributed by atoms with E-state index >= 15 is 0 Å². The van der Waals surface area contributed by atoms with Crippen LogP contribution in [0.3, 0.4) is 0 Å². The molecule has 1 aromatic carbocycles. The van der Waals surface area contributed by atoms with Crippen molar-refractivity contribution < 1.29 is 13.2 Å². The maximum absolute atomic E-state index is 12.6. The molecule has 0 atom stereocenters. The summed E-state index contributed by atoms with van der Waals surface area (Å²) in [5, 5.41) is 6.94. The minimum Gasteiger partial charge on any atom is -0.240 e. The zero-order chi connectivity index (χ0) is 16.6. The van der Waals surface area contributed by atoms with Crippen LogP contribution < -0.4 is 0 Å². The van der Waals surface area contributed by atoms with Crippen molar-refractivity contribution in [2.24, 2.45) is 5.18 Å². The van der Waals surface area contributed by atoms with Gasteiger partial charge in [0.05, 0.1) is 17.3 Å². The highest BCUT2D eigenvalue weighted by atomic mass is 19.4. The van der Waals surface area contributed by atoms with Crippen LogP contribution in [-0.2, 0) is 6.18 Å². The van der Waals surface area contributed by atoms with Crippen LogP contribution in [-0.4, -0.2) is 9.61 Å². The normalized spacial score (nSPS) is 11.6. The van der Waals surface area contributed by atoms with Gasteiger partial charge in [0.2, 0.25) is 0 Å². The van der Waals surface area contributed by atoms with Crippen LogP contribution in [0, 0.1) is 4.91 Å². The number of benzene rings is 1. The lowest BCUT2D eigenvalue weighted by Crippen LogP contribution is -2.03. The van der Waals surface area contributed by atoms with E-state index in [1.165, 1.54) is 12.1 Å². The topological polar surface area (TPSA) is 46.7 Å². The summed E-state index contributed by atoms with van der Waals surface area (Å²) in [6.07, 6.45) is -1.19.